The molecule has 0 saturated heterocycles. The number of rotatable bonds is 10. The predicted molar refractivity (Wildman–Crippen MR) is 140 cm³/mol. The van der Waals surface area contributed by atoms with Crippen molar-refractivity contribution in [2.24, 2.45) is 4.99 Å². The van der Waals surface area contributed by atoms with Gasteiger partial charge in [-0.2, -0.15) is 9.30 Å². The first-order valence-electron chi connectivity index (χ1n) is 11.7. The highest BCUT2D eigenvalue weighted by Crippen LogP contribution is 2.29. The molecule has 2 aromatic carbocycles. The Morgan fingerprint density at radius 3 is 2.21 bits per heavy atom. The molecule has 6 nitrogen and oxygen atoms in total. The first-order valence-corrected chi connectivity index (χ1v) is 14.4. The van der Waals surface area contributed by atoms with Gasteiger partial charge >= 0.3 is 0 Å². The molecule has 0 aliphatic heterocycles. The fraction of sp³-hybridized carbons (Fsp3) is 0.440. The molecule has 1 aromatic heterocycles. The number of sulfonamides is 1. The topological polar surface area (TPSA) is 71.7 Å². The van der Waals surface area contributed by atoms with Gasteiger partial charge in [-0.15, -0.1) is 0 Å². The van der Waals surface area contributed by atoms with Gasteiger partial charge < -0.3 is 4.57 Å². The van der Waals surface area contributed by atoms with Crippen LogP contribution in [0, 0.1) is 6.92 Å². The van der Waals surface area contributed by atoms with Crippen molar-refractivity contribution in [2.45, 2.75) is 64.8 Å². The van der Waals surface area contributed by atoms with Crippen LogP contribution >= 0.6 is 22.9 Å². The molecule has 0 unspecified atom stereocenters. The second kappa shape index (κ2) is 11.6. The minimum atomic E-state index is -3.61. The molecule has 0 saturated carbocycles. The van der Waals surface area contributed by atoms with Crippen molar-refractivity contribution in [1.82, 2.24) is 8.87 Å². The van der Waals surface area contributed by atoms with Gasteiger partial charge in [0.2, 0.25) is 10.0 Å². The molecule has 1 amide bonds. The Balaban J connectivity index is 1.93. The lowest BCUT2D eigenvalue weighted by Crippen LogP contribution is -2.33. The molecule has 0 spiro atoms. The summed E-state index contributed by atoms with van der Waals surface area (Å²) in [6, 6.07) is 9.89. The first-order chi connectivity index (χ1) is 16.2. The van der Waals surface area contributed by atoms with Crippen LogP contribution < -0.4 is 4.80 Å². The summed E-state index contributed by atoms with van der Waals surface area (Å²) in [6.45, 7) is 9.74. The van der Waals surface area contributed by atoms with Crippen LogP contribution in [0.25, 0.3) is 10.2 Å². The molecule has 0 fully saturated rings. The van der Waals surface area contributed by atoms with E-state index in [4.69, 9.17) is 11.6 Å². The maximum Gasteiger partial charge on any atom is 0.279 e. The van der Waals surface area contributed by atoms with Crippen LogP contribution in [0.5, 0.6) is 0 Å². The molecule has 0 bridgehead atoms. The number of fused-ring (bicyclic) bond motifs is 1. The van der Waals surface area contributed by atoms with Gasteiger partial charge in [-0.3, -0.25) is 4.79 Å². The number of hydrogen-bond acceptors (Lipinski definition) is 4. The lowest BCUT2D eigenvalue weighted by molar-refractivity contribution is 0.0997. The molecule has 9 heteroatoms. The number of unbranched alkanes of at least 4 members (excludes halogenated alkanes) is 2. The van der Waals surface area contributed by atoms with Crippen molar-refractivity contribution in [2.75, 3.05) is 13.1 Å². The molecule has 3 rings (SSSR count). The third-order valence-electron chi connectivity index (χ3n) is 5.75. The normalized spacial score (nSPS) is 12.7. The van der Waals surface area contributed by atoms with Crippen molar-refractivity contribution >= 4 is 49.1 Å². The Kier molecular flexibility index (Phi) is 9.09. The van der Waals surface area contributed by atoms with E-state index in [1.54, 1.807) is 16.4 Å². The maximum atomic E-state index is 13.2. The van der Waals surface area contributed by atoms with Crippen LogP contribution in [0.15, 0.2) is 46.3 Å². The van der Waals surface area contributed by atoms with Gasteiger partial charge in [0.1, 0.15) is 0 Å². The molecule has 184 valence electrons. The summed E-state index contributed by atoms with van der Waals surface area (Å²) in [5.74, 6) is -0.416. The fourth-order valence-electron chi connectivity index (χ4n) is 3.79. The number of aryl methyl sites for hydroxylation is 2. The summed E-state index contributed by atoms with van der Waals surface area (Å²) in [5.41, 5.74) is 2.39. The Labute approximate surface area is 211 Å². The standard InChI is InChI=1S/C25H32ClN3O3S2/c1-5-8-16-28(17-9-6-2)34(31,32)20-13-11-19(12-14-20)24(30)27-25-29(7-3)22-18(4)10-15-21(26)23(22)33-25/h10-15H,5-9,16-17H2,1-4H3. The van der Waals surface area contributed by atoms with Gasteiger partial charge in [0.15, 0.2) is 4.80 Å². The van der Waals surface area contributed by atoms with Crippen molar-refractivity contribution in [1.29, 1.82) is 0 Å². The van der Waals surface area contributed by atoms with E-state index in [1.807, 2.05) is 44.4 Å². The maximum absolute atomic E-state index is 13.2. The number of nitrogens with zero attached hydrogens (tertiary/aromatic N) is 3. The number of halogens is 1. The quantitative estimate of drug-likeness (QED) is 0.327. The zero-order chi connectivity index (χ0) is 24.9. The zero-order valence-electron chi connectivity index (χ0n) is 20.2. The van der Waals surface area contributed by atoms with Crippen LogP contribution in [-0.4, -0.2) is 36.3 Å². The summed E-state index contributed by atoms with van der Waals surface area (Å²) >= 11 is 7.76. The highest BCUT2D eigenvalue weighted by atomic mass is 35.5. The van der Waals surface area contributed by atoms with Crippen LogP contribution in [0.3, 0.4) is 0 Å². The van der Waals surface area contributed by atoms with Crippen LogP contribution in [0.2, 0.25) is 5.02 Å². The van der Waals surface area contributed by atoms with E-state index in [-0.39, 0.29) is 4.90 Å². The fourth-order valence-corrected chi connectivity index (χ4v) is 6.75. The van der Waals surface area contributed by atoms with E-state index in [0.717, 1.165) is 41.5 Å². The van der Waals surface area contributed by atoms with Gasteiger partial charge in [0.25, 0.3) is 5.91 Å². The summed E-state index contributed by atoms with van der Waals surface area (Å²) in [7, 11) is -3.61. The minimum absolute atomic E-state index is 0.198. The summed E-state index contributed by atoms with van der Waals surface area (Å²) in [5, 5.41) is 0.631. The number of thiazole rings is 1. The van der Waals surface area contributed by atoms with E-state index in [1.165, 1.54) is 23.5 Å². The summed E-state index contributed by atoms with van der Waals surface area (Å²) in [4.78, 5) is 18.1. The summed E-state index contributed by atoms with van der Waals surface area (Å²) < 4.78 is 30.8. The third kappa shape index (κ3) is 5.62. The molecule has 3 aromatic rings. The second-order valence-corrected chi connectivity index (χ2v) is 11.5. The minimum Gasteiger partial charge on any atom is -0.316 e. The average Bonchev–Trinajstić information content (AvgIpc) is 3.20. The molecular weight excluding hydrogens is 490 g/mol. The molecule has 0 aliphatic carbocycles. The van der Waals surface area contributed by atoms with E-state index in [9.17, 15) is 13.2 Å². The Bertz CT molecular complexity index is 1320. The van der Waals surface area contributed by atoms with Crippen molar-refractivity contribution in [3.63, 3.8) is 0 Å². The number of benzene rings is 2. The number of carbonyl (C=O) groups is 1. The third-order valence-corrected chi connectivity index (χ3v) is 9.21. The van der Waals surface area contributed by atoms with Crippen LogP contribution in [0.1, 0.15) is 62.4 Å². The Morgan fingerprint density at radius 1 is 1.03 bits per heavy atom. The lowest BCUT2D eigenvalue weighted by Gasteiger charge is -2.22. The van der Waals surface area contributed by atoms with Gasteiger partial charge in [0.05, 0.1) is 20.1 Å². The summed E-state index contributed by atoms with van der Waals surface area (Å²) in [6.07, 6.45) is 3.48. The Morgan fingerprint density at radius 2 is 1.65 bits per heavy atom. The van der Waals surface area contributed by atoms with Gasteiger partial charge in [-0.1, -0.05) is 55.7 Å². The van der Waals surface area contributed by atoms with Crippen LogP contribution in [-0.2, 0) is 16.6 Å². The zero-order valence-corrected chi connectivity index (χ0v) is 22.6. The Hall–Kier alpha value is -2.00. The predicted octanol–water partition coefficient (Wildman–Crippen LogP) is 6.02. The van der Waals surface area contributed by atoms with Crippen molar-refractivity contribution in [3.8, 4) is 0 Å². The van der Waals surface area contributed by atoms with E-state index < -0.39 is 15.9 Å². The SMILES string of the molecule is CCCCN(CCCC)S(=O)(=O)c1ccc(C(=O)N=c2sc3c(Cl)ccc(C)c3n2CC)cc1. The highest BCUT2D eigenvalue weighted by Gasteiger charge is 2.24. The number of aromatic nitrogens is 1. The van der Waals surface area contributed by atoms with Gasteiger partial charge in [-0.25, -0.2) is 8.42 Å². The average molecular weight is 522 g/mol. The molecule has 0 N–H and O–H groups in total. The van der Waals surface area contributed by atoms with E-state index in [0.29, 0.717) is 35.0 Å². The van der Waals surface area contributed by atoms with Gasteiger partial charge in [0, 0.05) is 25.2 Å². The van der Waals surface area contributed by atoms with Crippen molar-refractivity contribution < 1.29 is 13.2 Å². The van der Waals surface area contributed by atoms with E-state index in [2.05, 4.69) is 4.99 Å². The number of carbonyl (C=O) groups excluding carboxylic acids is 1. The van der Waals surface area contributed by atoms with Crippen molar-refractivity contribution in [3.05, 3.63) is 57.3 Å². The second-order valence-electron chi connectivity index (χ2n) is 8.22. The van der Waals surface area contributed by atoms with Gasteiger partial charge in [-0.05, 0) is 62.6 Å². The number of amides is 1. The largest absolute Gasteiger partial charge is 0.316 e. The van der Waals surface area contributed by atoms with Crippen LogP contribution in [0.4, 0.5) is 0 Å². The molecule has 34 heavy (non-hydrogen) atoms. The lowest BCUT2D eigenvalue weighted by atomic mass is 10.2. The molecule has 0 atom stereocenters. The van der Waals surface area contributed by atoms with E-state index >= 15 is 0 Å². The molecule has 1 heterocycles. The smallest absolute Gasteiger partial charge is 0.279 e. The molecule has 0 aliphatic rings. The highest BCUT2D eigenvalue weighted by molar-refractivity contribution is 7.89. The molecule has 0 radical (unpaired) electrons. The first kappa shape index (κ1) is 26.6. The number of hydrogen-bond donors (Lipinski definition) is 0. The molecular formula is C25H32ClN3O3S2. The monoisotopic (exact) mass is 521 g/mol.